The van der Waals surface area contributed by atoms with Crippen molar-refractivity contribution in [2.24, 2.45) is 16.8 Å². The van der Waals surface area contributed by atoms with Gasteiger partial charge in [0.15, 0.2) is 5.76 Å². The van der Waals surface area contributed by atoms with E-state index in [0.29, 0.717) is 11.7 Å². The zero-order chi connectivity index (χ0) is 23.7. The molecule has 0 saturated heterocycles. The summed E-state index contributed by atoms with van der Waals surface area (Å²) in [5.41, 5.74) is 5.94. The van der Waals surface area contributed by atoms with E-state index in [0.717, 1.165) is 30.0 Å². The number of benzene rings is 1. The Morgan fingerprint density at radius 1 is 1.21 bits per heavy atom. The smallest absolute Gasteiger partial charge is 0.371 e. The summed E-state index contributed by atoms with van der Waals surface area (Å²) in [5.74, 6) is 0.199. The van der Waals surface area contributed by atoms with Crippen molar-refractivity contribution in [3.05, 3.63) is 87.5 Å². The standard InChI is InChI=1S/C28H28ClNO4/c1-2-3-5-18-6-4-7-21-25(18)26-19(16-17-8-11-20(29)12-9-17)10-13-22(27(26)30-21)33-24-15-14-23(34-24)28(31)32/h8-15,18-19H,2-7,16H2,1H3,(H,31,32). The molecule has 0 radical (unpaired) electrons. The van der Waals surface area contributed by atoms with Crippen LogP contribution in [0.3, 0.4) is 0 Å². The lowest BCUT2D eigenvalue weighted by atomic mass is 9.74. The van der Waals surface area contributed by atoms with E-state index in [-0.39, 0.29) is 17.6 Å². The van der Waals surface area contributed by atoms with Crippen LogP contribution in [0, 0.1) is 11.8 Å². The lowest BCUT2D eigenvalue weighted by Gasteiger charge is -2.29. The van der Waals surface area contributed by atoms with Gasteiger partial charge in [0, 0.05) is 22.7 Å². The fourth-order valence-electron chi connectivity index (χ4n) is 5.25. The van der Waals surface area contributed by atoms with Gasteiger partial charge in [-0.1, -0.05) is 49.6 Å². The normalized spacial score (nSPS) is 21.4. The van der Waals surface area contributed by atoms with E-state index in [1.807, 2.05) is 18.2 Å². The van der Waals surface area contributed by atoms with Crippen LogP contribution in [0.25, 0.3) is 0 Å². The van der Waals surface area contributed by atoms with Gasteiger partial charge in [0.1, 0.15) is 5.70 Å². The van der Waals surface area contributed by atoms with Crippen LogP contribution >= 0.6 is 11.6 Å². The fraction of sp³-hybridized carbons (Fsp3) is 0.357. The number of carboxylic acid groups (broad SMARTS) is 1. The maximum absolute atomic E-state index is 11.2. The topological polar surface area (TPSA) is 72.0 Å². The van der Waals surface area contributed by atoms with Crippen molar-refractivity contribution in [3.63, 3.8) is 0 Å². The second kappa shape index (κ2) is 9.67. The van der Waals surface area contributed by atoms with Gasteiger partial charge in [-0.05, 0) is 79.0 Å². The average Bonchev–Trinajstić information content (AvgIpc) is 3.46. The maximum atomic E-state index is 11.2. The summed E-state index contributed by atoms with van der Waals surface area (Å²) in [6.07, 6.45) is 11.9. The molecule has 1 N–H and O–H groups in total. The van der Waals surface area contributed by atoms with Gasteiger partial charge in [0.2, 0.25) is 5.76 Å². The van der Waals surface area contributed by atoms with Gasteiger partial charge in [-0.15, -0.1) is 0 Å². The van der Waals surface area contributed by atoms with Crippen LogP contribution in [0.5, 0.6) is 5.95 Å². The first-order valence-corrected chi connectivity index (χ1v) is 12.4. The van der Waals surface area contributed by atoms with Crippen molar-refractivity contribution in [3.8, 4) is 5.95 Å². The lowest BCUT2D eigenvalue weighted by Crippen LogP contribution is -2.21. The van der Waals surface area contributed by atoms with Crippen LogP contribution in [-0.4, -0.2) is 16.8 Å². The molecule has 0 bridgehead atoms. The number of ether oxygens (including phenoxy) is 1. The van der Waals surface area contributed by atoms with E-state index in [4.69, 9.17) is 25.7 Å². The molecule has 2 aliphatic carbocycles. The van der Waals surface area contributed by atoms with E-state index in [1.165, 1.54) is 60.2 Å². The lowest BCUT2D eigenvalue weighted by molar-refractivity contribution is 0.0656. The summed E-state index contributed by atoms with van der Waals surface area (Å²) in [6, 6.07) is 11.0. The minimum absolute atomic E-state index is 0.148. The number of rotatable bonds is 8. The number of unbranched alkanes of at least 4 members (excludes halogenated alkanes) is 1. The Bertz CT molecular complexity index is 1220. The number of hydrogen-bond acceptors (Lipinski definition) is 4. The van der Waals surface area contributed by atoms with Crippen LogP contribution in [0.2, 0.25) is 5.02 Å². The molecule has 1 saturated carbocycles. The van der Waals surface area contributed by atoms with E-state index < -0.39 is 5.97 Å². The molecule has 2 heterocycles. The fourth-order valence-corrected chi connectivity index (χ4v) is 5.38. The van der Waals surface area contributed by atoms with Crippen molar-refractivity contribution in [2.45, 2.75) is 51.9 Å². The zero-order valence-electron chi connectivity index (χ0n) is 19.2. The Labute approximate surface area is 204 Å². The number of fused-ring (bicyclic) bond motifs is 2. The molecule has 3 aliphatic rings. The molecule has 1 aromatic carbocycles. The summed E-state index contributed by atoms with van der Waals surface area (Å²) < 4.78 is 11.4. The Hall–Kier alpha value is -3.05. The number of aromatic carboxylic acids is 1. The van der Waals surface area contributed by atoms with Crippen LogP contribution < -0.4 is 4.74 Å². The molecule has 2 aromatic rings. The van der Waals surface area contributed by atoms with Crippen LogP contribution in [-0.2, 0) is 6.42 Å². The molecule has 0 amide bonds. The highest BCUT2D eigenvalue weighted by Crippen LogP contribution is 2.47. The highest BCUT2D eigenvalue weighted by atomic mass is 35.5. The molecule has 5 rings (SSSR count). The Morgan fingerprint density at radius 2 is 2.03 bits per heavy atom. The molecule has 1 aromatic heterocycles. The number of nitrogens with zero attached hydrogens (tertiary/aromatic N) is 1. The van der Waals surface area contributed by atoms with E-state index in [2.05, 4.69) is 25.1 Å². The maximum Gasteiger partial charge on any atom is 0.371 e. The van der Waals surface area contributed by atoms with Gasteiger partial charge in [0.25, 0.3) is 5.95 Å². The zero-order valence-corrected chi connectivity index (χ0v) is 20.0. The summed E-state index contributed by atoms with van der Waals surface area (Å²) >= 11 is 6.11. The van der Waals surface area contributed by atoms with E-state index in [1.54, 1.807) is 0 Å². The number of furan rings is 1. The van der Waals surface area contributed by atoms with Crippen LogP contribution in [0.4, 0.5) is 0 Å². The number of allylic oxidation sites excluding steroid dienone is 4. The molecule has 2 atom stereocenters. The molecular weight excluding hydrogens is 450 g/mol. The first kappa shape index (κ1) is 22.7. The predicted octanol–water partition coefficient (Wildman–Crippen LogP) is 7.39. The largest absolute Gasteiger partial charge is 0.475 e. The van der Waals surface area contributed by atoms with Crippen molar-refractivity contribution < 1.29 is 19.1 Å². The Balaban J connectivity index is 1.53. The van der Waals surface area contributed by atoms with E-state index >= 15 is 0 Å². The van der Waals surface area contributed by atoms with Crippen LogP contribution in [0.1, 0.15) is 61.6 Å². The molecule has 176 valence electrons. The summed E-state index contributed by atoms with van der Waals surface area (Å²) in [7, 11) is 0. The molecule has 1 fully saturated rings. The third-order valence-corrected chi connectivity index (χ3v) is 7.09. The minimum atomic E-state index is -1.12. The highest BCUT2D eigenvalue weighted by molar-refractivity contribution is 6.30. The van der Waals surface area contributed by atoms with Gasteiger partial charge >= 0.3 is 5.97 Å². The monoisotopic (exact) mass is 477 g/mol. The number of halogens is 1. The summed E-state index contributed by atoms with van der Waals surface area (Å²) in [6.45, 7) is 2.24. The first-order valence-electron chi connectivity index (χ1n) is 12.0. The third kappa shape index (κ3) is 4.49. The van der Waals surface area contributed by atoms with Gasteiger partial charge in [0.05, 0.1) is 0 Å². The molecule has 1 aliphatic heterocycles. The van der Waals surface area contributed by atoms with Gasteiger partial charge in [-0.2, -0.15) is 0 Å². The van der Waals surface area contributed by atoms with Crippen molar-refractivity contribution in [1.82, 2.24) is 0 Å². The number of carbonyl (C=O) groups is 1. The number of carboxylic acids is 1. The molecular formula is C28H28ClNO4. The summed E-state index contributed by atoms with van der Waals surface area (Å²) in [4.78, 5) is 16.3. The van der Waals surface area contributed by atoms with Gasteiger partial charge in [-0.25, -0.2) is 9.79 Å². The molecule has 6 heteroatoms. The average molecular weight is 478 g/mol. The highest BCUT2D eigenvalue weighted by Gasteiger charge is 2.38. The minimum Gasteiger partial charge on any atom is -0.475 e. The number of hydrogen-bond donors (Lipinski definition) is 1. The molecule has 0 spiro atoms. The Morgan fingerprint density at radius 3 is 2.76 bits per heavy atom. The first-order chi connectivity index (χ1) is 16.5. The van der Waals surface area contributed by atoms with Crippen molar-refractivity contribution in [1.29, 1.82) is 0 Å². The Kier molecular flexibility index (Phi) is 6.46. The van der Waals surface area contributed by atoms with Crippen LogP contribution in [0.15, 0.2) is 80.6 Å². The predicted molar refractivity (Wildman–Crippen MR) is 132 cm³/mol. The summed E-state index contributed by atoms with van der Waals surface area (Å²) in [5, 5.41) is 9.91. The SMILES string of the molecule is CCCCC1CCCC2=NC3=C(Oc4ccc(C(=O)O)o4)C=CC(Cc4ccc(Cl)cc4)C3=C21. The molecule has 2 unspecified atom stereocenters. The molecule has 34 heavy (non-hydrogen) atoms. The second-order valence-electron chi connectivity index (χ2n) is 9.15. The second-order valence-corrected chi connectivity index (χ2v) is 9.59. The van der Waals surface area contributed by atoms with Crippen molar-refractivity contribution >= 4 is 23.3 Å². The quantitative estimate of drug-likeness (QED) is 0.430. The van der Waals surface area contributed by atoms with E-state index in [9.17, 15) is 9.90 Å². The van der Waals surface area contributed by atoms with Crippen molar-refractivity contribution in [2.75, 3.05) is 0 Å². The van der Waals surface area contributed by atoms with Gasteiger partial charge < -0.3 is 14.3 Å². The number of aliphatic imine (C=N–C) groups is 1. The van der Waals surface area contributed by atoms with Gasteiger partial charge in [-0.3, -0.25) is 0 Å². The third-order valence-electron chi connectivity index (χ3n) is 6.84. The molecule has 5 nitrogen and oxygen atoms in total.